The van der Waals surface area contributed by atoms with E-state index in [1.807, 2.05) is 133 Å². The number of nitrogens with zero attached hydrogens (tertiary/aromatic N) is 2. The Labute approximate surface area is 276 Å². The molecule has 0 bridgehead atoms. The first-order valence-corrected chi connectivity index (χ1v) is 18.4. The molecule has 5 aromatic rings. The van der Waals surface area contributed by atoms with E-state index >= 15 is 4.20 Å². The minimum absolute atomic E-state index is 0.319. The molecule has 6 nitrogen and oxygen atoms in total. The molecule has 0 aromatic heterocycles. The summed E-state index contributed by atoms with van der Waals surface area (Å²) in [5, 5.41) is 8.61. The molecule has 5 aromatic carbocycles. The maximum atomic E-state index is 18.6. The molecule has 1 aliphatic rings. The van der Waals surface area contributed by atoms with E-state index in [9.17, 15) is 0 Å². The topological polar surface area (TPSA) is 84.0 Å². The minimum atomic E-state index is -4.23. The van der Waals surface area contributed by atoms with Crippen LogP contribution in [0.5, 0.6) is 5.75 Å². The maximum absolute atomic E-state index is 18.6. The Hall–Kier alpha value is -5.00. The van der Waals surface area contributed by atoms with Crippen molar-refractivity contribution >= 4 is 34.7 Å². The van der Waals surface area contributed by atoms with Crippen molar-refractivity contribution in [1.82, 2.24) is 10.6 Å². The zero-order valence-corrected chi connectivity index (χ0v) is 27.3. The van der Waals surface area contributed by atoms with E-state index in [2.05, 4.69) is 32.8 Å². The van der Waals surface area contributed by atoms with Crippen LogP contribution in [-0.2, 0) is 6.42 Å². The zero-order chi connectivity index (χ0) is 32.4. The summed E-state index contributed by atoms with van der Waals surface area (Å²) in [5.74, 6) is 1.67. The molecule has 6 rings (SSSR count). The van der Waals surface area contributed by atoms with Crippen LogP contribution >= 0.6 is 6.91 Å². The molecule has 0 spiro atoms. The van der Waals surface area contributed by atoms with Gasteiger partial charge in [-0.05, 0) is 12.0 Å². The molecule has 0 radical (unpaired) electrons. The van der Waals surface area contributed by atoms with Gasteiger partial charge in [0, 0.05) is 6.54 Å². The molecule has 1 unspecified atom stereocenters. The molecular formula is C39H41FN5OP. The second-order valence-corrected chi connectivity index (χ2v) is 16.1. The molecule has 1 heterocycles. The molecule has 0 amide bonds. The van der Waals surface area contributed by atoms with Gasteiger partial charge in [0.05, 0.1) is 0 Å². The summed E-state index contributed by atoms with van der Waals surface area (Å²) in [7, 11) is 0. The van der Waals surface area contributed by atoms with Crippen molar-refractivity contribution in [2.75, 3.05) is 19.3 Å². The molecule has 1 atom stereocenters. The monoisotopic (exact) mass is 645 g/mol. The first-order valence-electron chi connectivity index (χ1n) is 16.1. The number of rotatable bonds is 13. The Balaban J connectivity index is 1.09. The Kier molecular flexibility index (Phi) is 9.94. The van der Waals surface area contributed by atoms with Crippen LogP contribution in [0.1, 0.15) is 30.1 Å². The number of benzene rings is 5. The molecular weight excluding hydrogens is 604 g/mol. The summed E-state index contributed by atoms with van der Waals surface area (Å²) in [6, 6.07) is 47.2. The van der Waals surface area contributed by atoms with Gasteiger partial charge in [-0.1, -0.05) is 30.3 Å². The predicted molar refractivity (Wildman–Crippen MR) is 195 cm³/mol. The van der Waals surface area contributed by atoms with Gasteiger partial charge in [0.2, 0.25) is 0 Å². The number of hydrogen-bond donors (Lipinski definition) is 3. The van der Waals surface area contributed by atoms with Crippen LogP contribution in [0.3, 0.4) is 0 Å². The van der Waals surface area contributed by atoms with Crippen molar-refractivity contribution in [3.63, 3.8) is 0 Å². The second kappa shape index (κ2) is 14.6. The van der Waals surface area contributed by atoms with Crippen LogP contribution in [0.25, 0.3) is 0 Å². The quantitative estimate of drug-likeness (QED) is 0.103. The van der Waals surface area contributed by atoms with Crippen molar-refractivity contribution in [3.8, 4) is 5.75 Å². The summed E-state index contributed by atoms with van der Waals surface area (Å²) in [5.41, 5.74) is 8.26. The summed E-state index contributed by atoms with van der Waals surface area (Å²) < 4.78 is 24.7. The molecule has 0 saturated heterocycles. The van der Waals surface area contributed by atoms with Gasteiger partial charge in [-0.25, -0.2) is 0 Å². The first-order chi connectivity index (χ1) is 23.0. The van der Waals surface area contributed by atoms with Gasteiger partial charge < -0.3 is 5.73 Å². The van der Waals surface area contributed by atoms with Gasteiger partial charge in [0.1, 0.15) is 0 Å². The van der Waals surface area contributed by atoms with Gasteiger partial charge in [-0.3, -0.25) is 10.3 Å². The molecule has 240 valence electrons. The Morgan fingerprint density at radius 3 is 1.79 bits per heavy atom. The number of nitrogens with one attached hydrogen (secondary N) is 2. The van der Waals surface area contributed by atoms with Crippen molar-refractivity contribution in [2.45, 2.75) is 25.4 Å². The van der Waals surface area contributed by atoms with Gasteiger partial charge in [-0.2, -0.15) is 0 Å². The van der Waals surface area contributed by atoms with Gasteiger partial charge >= 0.3 is 212 Å². The molecule has 4 N–H and O–H groups in total. The molecule has 0 saturated carbocycles. The first kappa shape index (κ1) is 32.0. The van der Waals surface area contributed by atoms with Crippen molar-refractivity contribution < 1.29 is 8.93 Å². The number of halogens is 1. The fraction of sp³-hybridized carbons (Fsp3) is 0.179. The van der Waals surface area contributed by atoms with Crippen LogP contribution in [-0.4, -0.2) is 31.2 Å². The van der Waals surface area contributed by atoms with E-state index in [4.69, 9.17) is 10.5 Å². The van der Waals surface area contributed by atoms with Crippen LogP contribution in [0.15, 0.2) is 156 Å². The van der Waals surface area contributed by atoms with E-state index in [0.29, 0.717) is 37.7 Å². The number of hydrogen-bond acceptors (Lipinski definition) is 4. The smallest absolute Gasteiger partial charge is 0.297 e. The van der Waals surface area contributed by atoms with Gasteiger partial charge in [0.15, 0.2) is 0 Å². The average molecular weight is 646 g/mol. The summed E-state index contributed by atoms with van der Waals surface area (Å²) >= 11 is 0. The van der Waals surface area contributed by atoms with Crippen molar-refractivity contribution in [3.05, 3.63) is 157 Å². The van der Waals surface area contributed by atoms with Crippen LogP contribution in [0, 0.1) is 0 Å². The van der Waals surface area contributed by atoms with E-state index < -0.39 is 6.91 Å². The normalized spacial score (nSPS) is 16.3. The molecule has 47 heavy (non-hydrogen) atoms. The number of aliphatic imine (C=N–C) groups is 2. The zero-order valence-electron chi connectivity index (χ0n) is 26.4. The van der Waals surface area contributed by atoms with Crippen molar-refractivity contribution in [2.24, 2.45) is 15.7 Å². The average Bonchev–Trinajstić information content (AvgIpc) is 3.13. The Morgan fingerprint density at radius 2 is 1.23 bits per heavy atom. The van der Waals surface area contributed by atoms with E-state index in [-0.39, 0.29) is 6.17 Å². The second-order valence-electron chi connectivity index (χ2n) is 11.7. The third-order valence-electron chi connectivity index (χ3n) is 8.62. The number of unbranched alkanes of at least 4 members (excludes halogenated alkanes) is 1. The van der Waals surface area contributed by atoms with Gasteiger partial charge in [-0.15, -0.1) is 0 Å². The van der Waals surface area contributed by atoms with E-state index in [1.54, 1.807) is 0 Å². The number of guanidine groups is 2. The third-order valence-corrected chi connectivity index (χ3v) is 13.9. The molecule has 1 aliphatic heterocycles. The minimum Gasteiger partial charge on any atom is -0.297 e. The van der Waals surface area contributed by atoms with E-state index in [0.717, 1.165) is 40.1 Å². The molecule has 0 aliphatic carbocycles. The summed E-state index contributed by atoms with van der Waals surface area (Å²) in [4.78, 5) is 9.15. The summed E-state index contributed by atoms with van der Waals surface area (Å²) in [6.07, 6.45) is 2.27. The van der Waals surface area contributed by atoms with Crippen LogP contribution < -0.4 is 37.0 Å². The number of nitrogens with two attached hydrogens (primary N) is 1. The van der Waals surface area contributed by atoms with Gasteiger partial charge in [0.25, 0.3) is 0 Å². The van der Waals surface area contributed by atoms with Crippen LogP contribution in [0.2, 0.25) is 0 Å². The fourth-order valence-corrected chi connectivity index (χ4v) is 11.0. The standard InChI is InChI=1S/C39H41FN5OP/c40-47(34-17-7-2-8-18-34,35-19-9-3-10-20-35,36-21-11-4-12-22-36)30-14-13-29-46-33-25-23-32(24-26-33)37-43-38(41)45-39(44-37)42-28-27-31-15-5-1-6-16-31/h1-12,15-26,37H,13-14,27-30H2,(H4,41,42,43,44,45). The predicted octanol–water partition coefficient (Wildman–Crippen LogP) is 6.36. The molecule has 8 heteroatoms. The fourth-order valence-electron chi connectivity index (χ4n) is 6.17. The summed E-state index contributed by atoms with van der Waals surface area (Å²) in [6.45, 7) is -3.12. The Bertz CT molecular complexity index is 1690. The van der Waals surface area contributed by atoms with E-state index in [1.165, 1.54) is 5.56 Å². The number of ether oxygens (including phenoxy) is 1. The van der Waals surface area contributed by atoms with Crippen molar-refractivity contribution in [1.29, 1.82) is 0 Å². The van der Waals surface area contributed by atoms with Crippen LogP contribution in [0.4, 0.5) is 4.20 Å². The molecule has 0 fully saturated rings. The SMILES string of the molecule is NC1=NC(c2ccc(OCCCCP(F)(c3ccccc3)(c3ccccc3)c3ccccc3)cc2)NC(=NCCc2ccccc2)N1. The third kappa shape index (κ3) is 7.21. The Morgan fingerprint density at radius 1 is 0.702 bits per heavy atom.